The van der Waals surface area contributed by atoms with Crippen LogP contribution in [0.2, 0.25) is 0 Å². The van der Waals surface area contributed by atoms with Crippen LogP contribution in [0.15, 0.2) is 84.9 Å². The largest absolute Gasteiger partial charge is 0.377 e. The molecule has 140 valence electrons. The van der Waals surface area contributed by atoms with Crippen molar-refractivity contribution in [2.75, 3.05) is 6.61 Å². The molecule has 0 radical (unpaired) electrons. The summed E-state index contributed by atoms with van der Waals surface area (Å²) in [6.07, 6.45) is 3.71. The Morgan fingerprint density at radius 3 is 2.25 bits per heavy atom. The fourth-order valence-electron chi connectivity index (χ4n) is 4.58. The van der Waals surface area contributed by atoms with Gasteiger partial charge in [-0.05, 0) is 42.0 Å². The summed E-state index contributed by atoms with van der Waals surface area (Å²) in [6.45, 7) is 0.858. The first-order chi connectivity index (χ1) is 13.9. The summed E-state index contributed by atoms with van der Waals surface area (Å²) in [5.41, 5.74) is 6.32. The Morgan fingerprint density at radius 2 is 1.50 bits per heavy atom. The van der Waals surface area contributed by atoms with Crippen molar-refractivity contribution in [1.82, 2.24) is 4.98 Å². The minimum Gasteiger partial charge on any atom is -0.377 e. The summed E-state index contributed by atoms with van der Waals surface area (Å²) in [4.78, 5) is 3.71. The quantitative estimate of drug-likeness (QED) is 0.435. The van der Waals surface area contributed by atoms with Crippen LogP contribution in [0.1, 0.15) is 36.3 Å². The van der Waals surface area contributed by atoms with Gasteiger partial charge in [0, 0.05) is 23.4 Å². The van der Waals surface area contributed by atoms with E-state index in [1.807, 2.05) is 0 Å². The van der Waals surface area contributed by atoms with Crippen molar-refractivity contribution in [3.63, 3.8) is 0 Å². The maximum absolute atomic E-state index is 6.34. The van der Waals surface area contributed by atoms with Crippen molar-refractivity contribution < 1.29 is 4.74 Å². The second-order valence-corrected chi connectivity index (χ2v) is 7.62. The van der Waals surface area contributed by atoms with Crippen LogP contribution in [0.3, 0.4) is 0 Å². The number of hydrogen-bond donors (Lipinski definition) is 1. The Balaban J connectivity index is 1.76. The third-order valence-corrected chi connectivity index (χ3v) is 5.87. The van der Waals surface area contributed by atoms with Gasteiger partial charge in [-0.2, -0.15) is 0 Å². The average molecular weight is 367 g/mol. The molecule has 1 N–H and O–H groups in total. The number of ether oxygens (including phenoxy) is 1. The molecule has 5 rings (SSSR count). The molecule has 0 amide bonds. The molecule has 3 aromatic carbocycles. The highest BCUT2D eigenvalue weighted by molar-refractivity contribution is 5.92. The van der Waals surface area contributed by atoms with E-state index in [2.05, 4.69) is 89.9 Å². The molecule has 1 fully saturated rings. The Morgan fingerprint density at radius 1 is 0.786 bits per heavy atom. The van der Waals surface area contributed by atoms with E-state index in [-0.39, 0.29) is 12.0 Å². The minimum absolute atomic E-state index is 0.206. The number of para-hydroxylation sites is 1. The van der Waals surface area contributed by atoms with E-state index in [4.69, 9.17) is 4.74 Å². The van der Waals surface area contributed by atoms with Crippen LogP contribution in [0.4, 0.5) is 0 Å². The Kier molecular flexibility index (Phi) is 4.72. The van der Waals surface area contributed by atoms with Crippen LogP contribution in [-0.2, 0) is 4.74 Å². The van der Waals surface area contributed by atoms with E-state index >= 15 is 0 Å². The lowest BCUT2D eigenvalue weighted by atomic mass is 9.81. The van der Waals surface area contributed by atoms with Gasteiger partial charge in [0.05, 0.1) is 11.8 Å². The molecule has 0 aliphatic carbocycles. The maximum atomic E-state index is 6.34. The number of aromatic nitrogens is 1. The second kappa shape index (κ2) is 7.65. The second-order valence-electron chi connectivity index (χ2n) is 7.62. The first-order valence-electron chi connectivity index (χ1n) is 10.2. The molecule has 2 heteroatoms. The molecule has 0 saturated carbocycles. The van der Waals surface area contributed by atoms with Gasteiger partial charge in [-0.1, -0.05) is 78.9 Å². The zero-order valence-electron chi connectivity index (χ0n) is 16.0. The highest BCUT2D eigenvalue weighted by atomic mass is 16.5. The average Bonchev–Trinajstić information content (AvgIpc) is 3.16. The topological polar surface area (TPSA) is 25.0 Å². The molecule has 1 aromatic heterocycles. The Labute approximate surface area is 166 Å². The van der Waals surface area contributed by atoms with Crippen molar-refractivity contribution >= 4 is 10.9 Å². The molecule has 28 heavy (non-hydrogen) atoms. The van der Waals surface area contributed by atoms with Gasteiger partial charge in [0.25, 0.3) is 0 Å². The van der Waals surface area contributed by atoms with E-state index in [1.54, 1.807) is 0 Å². The molecule has 2 nitrogen and oxygen atoms in total. The molecule has 0 spiro atoms. The summed E-state index contributed by atoms with van der Waals surface area (Å²) in [7, 11) is 0. The lowest BCUT2D eigenvalue weighted by Gasteiger charge is -2.32. The van der Waals surface area contributed by atoms with Crippen molar-refractivity contribution in [2.24, 2.45) is 0 Å². The summed E-state index contributed by atoms with van der Waals surface area (Å²) in [6, 6.07) is 30.2. The summed E-state index contributed by atoms with van der Waals surface area (Å²) >= 11 is 0. The monoisotopic (exact) mass is 367 g/mol. The molecule has 2 atom stereocenters. The molecule has 1 aliphatic heterocycles. The van der Waals surface area contributed by atoms with Gasteiger partial charge in [0.2, 0.25) is 0 Å². The van der Waals surface area contributed by atoms with E-state index < -0.39 is 0 Å². The van der Waals surface area contributed by atoms with Gasteiger partial charge < -0.3 is 9.72 Å². The van der Waals surface area contributed by atoms with Crippen LogP contribution < -0.4 is 0 Å². The molecule has 1 aliphatic rings. The normalized spacial score (nSPS) is 18.2. The number of aromatic amines is 1. The smallest absolute Gasteiger partial charge is 0.0685 e. The van der Waals surface area contributed by atoms with Crippen molar-refractivity contribution in [1.29, 1.82) is 0 Å². The number of benzene rings is 3. The molecular formula is C26H25NO. The van der Waals surface area contributed by atoms with Crippen LogP contribution in [0.25, 0.3) is 22.2 Å². The van der Waals surface area contributed by atoms with Crippen LogP contribution in [0, 0.1) is 0 Å². The molecular weight excluding hydrogens is 342 g/mol. The maximum Gasteiger partial charge on any atom is 0.0685 e. The van der Waals surface area contributed by atoms with Crippen LogP contribution in [0.5, 0.6) is 0 Å². The third kappa shape index (κ3) is 3.14. The number of H-pyrrole nitrogens is 1. The van der Waals surface area contributed by atoms with Gasteiger partial charge in [-0.3, -0.25) is 0 Å². The minimum atomic E-state index is 0.206. The number of fused-ring (bicyclic) bond motifs is 1. The highest BCUT2D eigenvalue weighted by Gasteiger charge is 2.32. The molecule has 1 saturated heterocycles. The summed E-state index contributed by atoms with van der Waals surface area (Å²) < 4.78 is 6.34. The van der Waals surface area contributed by atoms with Crippen molar-refractivity contribution in [3.8, 4) is 11.3 Å². The van der Waals surface area contributed by atoms with Gasteiger partial charge in [0.15, 0.2) is 0 Å². The van der Waals surface area contributed by atoms with Crippen LogP contribution >= 0.6 is 0 Å². The van der Waals surface area contributed by atoms with E-state index in [0.717, 1.165) is 19.4 Å². The lowest BCUT2D eigenvalue weighted by molar-refractivity contribution is 0.00669. The van der Waals surface area contributed by atoms with Gasteiger partial charge in [-0.25, -0.2) is 0 Å². The molecule has 2 heterocycles. The highest BCUT2D eigenvalue weighted by Crippen LogP contribution is 2.43. The summed E-state index contributed by atoms with van der Waals surface area (Å²) in [5.74, 6) is 0.216. The van der Waals surface area contributed by atoms with E-state index in [1.165, 1.54) is 39.7 Å². The predicted octanol–water partition coefficient (Wildman–Crippen LogP) is 6.54. The summed E-state index contributed by atoms with van der Waals surface area (Å²) in [5, 5.41) is 1.30. The lowest BCUT2D eigenvalue weighted by Crippen LogP contribution is -2.27. The Bertz CT molecular complexity index is 1050. The zero-order valence-corrected chi connectivity index (χ0v) is 16.0. The number of nitrogens with one attached hydrogen (secondary N) is 1. The first kappa shape index (κ1) is 17.3. The third-order valence-electron chi connectivity index (χ3n) is 5.87. The van der Waals surface area contributed by atoms with Gasteiger partial charge >= 0.3 is 0 Å². The fraction of sp³-hybridized carbons (Fsp3) is 0.231. The molecule has 4 aromatic rings. The number of rotatable bonds is 4. The van der Waals surface area contributed by atoms with Crippen molar-refractivity contribution in [3.05, 3.63) is 96.1 Å². The zero-order chi connectivity index (χ0) is 18.8. The Hall–Kier alpha value is -2.84. The molecule has 0 unspecified atom stereocenters. The van der Waals surface area contributed by atoms with Crippen LogP contribution in [-0.4, -0.2) is 17.7 Å². The van der Waals surface area contributed by atoms with E-state index in [0.29, 0.717) is 0 Å². The van der Waals surface area contributed by atoms with Gasteiger partial charge in [0.1, 0.15) is 0 Å². The fourth-order valence-corrected chi connectivity index (χ4v) is 4.58. The van der Waals surface area contributed by atoms with Gasteiger partial charge in [-0.15, -0.1) is 0 Å². The molecule has 0 bridgehead atoms. The first-order valence-corrected chi connectivity index (χ1v) is 10.2. The van der Waals surface area contributed by atoms with Crippen molar-refractivity contribution in [2.45, 2.75) is 31.3 Å². The number of hydrogen-bond acceptors (Lipinski definition) is 1. The standard InChI is InChI=1S/C26H25NO/c1-3-11-19(12-4-1)24(23-17-9-10-18-28-23)25-21-15-7-8-16-22(21)27-26(25)20-13-5-2-6-14-20/h1-8,11-16,23-24,27H,9-10,17-18H2/t23-,24+/m0/s1. The SMILES string of the molecule is c1ccc(-c2[nH]c3ccccc3c2[C@H](c2ccccc2)[C@@H]2CCCCO2)cc1. The van der Waals surface area contributed by atoms with E-state index in [9.17, 15) is 0 Å². The predicted molar refractivity (Wildman–Crippen MR) is 116 cm³/mol.